The molecule has 18 heavy (non-hydrogen) atoms. The number of aryl methyl sites for hydroxylation is 1. The monoisotopic (exact) mass is 308 g/mol. The summed E-state index contributed by atoms with van der Waals surface area (Å²) in [6.45, 7) is -0.0977. The third-order valence-corrected chi connectivity index (χ3v) is 3.47. The maximum absolute atomic E-state index is 10.8. The van der Waals surface area contributed by atoms with E-state index >= 15 is 0 Å². The smallest absolute Gasteiger partial charge is 0.216 e. The van der Waals surface area contributed by atoms with E-state index in [1.54, 1.807) is 0 Å². The Hall–Kier alpha value is -1.62. The van der Waals surface area contributed by atoms with Crippen molar-refractivity contribution in [2.45, 2.75) is 5.92 Å². The second-order valence-corrected chi connectivity index (χ2v) is 5.08. The van der Waals surface area contributed by atoms with Gasteiger partial charge in [-0.3, -0.25) is 10.1 Å². The fraction of sp³-hybridized carbons (Fsp3) is 0.231. The highest BCUT2D eigenvalue weighted by atomic mass is 79.9. The van der Waals surface area contributed by atoms with Crippen LogP contribution >= 0.6 is 15.9 Å². The van der Waals surface area contributed by atoms with Gasteiger partial charge in [0, 0.05) is 28.3 Å². The normalized spacial score (nSPS) is 12.3. The number of hydrogen-bond donors (Lipinski definition) is 0. The van der Waals surface area contributed by atoms with Gasteiger partial charge in [-0.2, -0.15) is 0 Å². The molecule has 0 radical (unpaired) electrons. The molecule has 0 bridgehead atoms. The molecule has 0 N–H and O–H groups in total. The molecule has 0 amide bonds. The minimum Gasteiger partial charge on any atom is -0.354 e. The molecule has 1 unspecified atom stereocenters. The van der Waals surface area contributed by atoms with E-state index in [1.165, 1.54) is 0 Å². The Morgan fingerprint density at radius 2 is 2.00 bits per heavy atom. The number of aromatic nitrogens is 1. The van der Waals surface area contributed by atoms with Crippen LogP contribution in [0.25, 0.3) is 0 Å². The molecule has 94 valence electrons. The summed E-state index contributed by atoms with van der Waals surface area (Å²) in [7, 11) is 1.90. The number of benzene rings is 1. The maximum atomic E-state index is 10.8. The molecule has 5 heteroatoms. The largest absolute Gasteiger partial charge is 0.354 e. The molecule has 0 saturated carbocycles. The van der Waals surface area contributed by atoms with E-state index < -0.39 is 0 Å². The molecule has 1 aromatic carbocycles. The zero-order chi connectivity index (χ0) is 13.1. The first-order chi connectivity index (χ1) is 8.58. The lowest BCUT2D eigenvalue weighted by molar-refractivity contribution is -0.482. The first-order valence-corrected chi connectivity index (χ1v) is 6.35. The summed E-state index contributed by atoms with van der Waals surface area (Å²) in [4.78, 5) is 10.6. The highest BCUT2D eigenvalue weighted by molar-refractivity contribution is 9.10. The lowest BCUT2D eigenvalue weighted by atomic mass is 9.96. The molecule has 0 aliphatic rings. The average molecular weight is 309 g/mol. The van der Waals surface area contributed by atoms with Crippen LogP contribution in [0.3, 0.4) is 0 Å². The highest BCUT2D eigenvalue weighted by Crippen LogP contribution is 2.26. The summed E-state index contributed by atoms with van der Waals surface area (Å²) in [5, 5.41) is 10.8. The van der Waals surface area contributed by atoms with Crippen LogP contribution in [0.4, 0.5) is 0 Å². The molecule has 0 fully saturated rings. The zero-order valence-corrected chi connectivity index (χ0v) is 11.5. The molecular formula is C13H13BrN2O2. The van der Waals surface area contributed by atoms with Crippen LogP contribution in [0.1, 0.15) is 17.2 Å². The fourth-order valence-corrected chi connectivity index (χ4v) is 2.31. The van der Waals surface area contributed by atoms with Crippen molar-refractivity contribution in [1.82, 2.24) is 4.57 Å². The highest BCUT2D eigenvalue weighted by Gasteiger charge is 2.22. The maximum Gasteiger partial charge on any atom is 0.216 e. The Labute approximate surface area is 114 Å². The van der Waals surface area contributed by atoms with Gasteiger partial charge >= 0.3 is 0 Å². The van der Waals surface area contributed by atoms with E-state index in [1.807, 2.05) is 54.2 Å². The van der Waals surface area contributed by atoms with Gasteiger partial charge in [-0.1, -0.05) is 28.1 Å². The van der Waals surface area contributed by atoms with Gasteiger partial charge in [0.1, 0.15) is 0 Å². The Morgan fingerprint density at radius 1 is 1.33 bits per heavy atom. The Morgan fingerprint density at radius 3 is 2.50 bits per heavy atom. The first-order valence-electron chi connectivity index (χ1n) is 5.56. The third kappa shape index (κ3) is 2.79. The average Bonchev–Trinajstić information content (AvgIpc) is 2.73. The molecule has 0 aliphatic carbocycles. The molecule has 4 nitrogen and oxygen atoms in total. The van der Waals surface area contributed by atoms with E-state index in [-0.39, 0.29) is 17.4 Å². The van der Waals surface area contributed by atoms with Crippen molar-refractivity contribution in [3.63, 3.8) is 0 Å². The van der Waals surface area contributed by atoms with Crippen molar-refractivity contribution >= 4 is 15.9 Å². The minimum atomic E-state index is -0.264. The number of nitro groups is 1. The van der Waals surface area contributed by atoms with E-state index in [0.717, 1.165) is 15.7 Å². The number of hydrogen-bond acceptors (Lipinski definition) is 2. The van der Waals surface area contributed by atoms with E-state index in [0.29, 0.717) is 0 Å². The molecule has 1 atom stereocenters. The minimum absolute atomic E-state index is 0.0977. The van der Waals surface area contributed by atoms with Gasteiger partial charge < -0.3 is 4.57 Å². The predicted octanol–water partition coefficient (Wildman–Crippen LogP) is 3.20. The van der Waals surface area contributed by atoms with Crippen LogP contribution in [0.2, 0.25) is 0 Å². The van der Waals surface area contributed by atoms with E-state index in [2.05, 4.69) is 15.9 Å². The van der Waals surface area contributed by atoms with Crippen molar-refractivity contribution in [2.24, 2.45) is 7.05 Å². The van der Waals surface area contributed by atoms with Gasteiger partial charge in [-0.05, 0) is 29.8 Å². The number of nitrogens with zero attached hydrogens (tertiary/aromatic N) is 2. The fourth-order valence-electron chi connectivity index (χ4n) is 2.05. The second-order valence-electron chi connectivity index (χ2n) is 4.16. The van der Waals surface area contributed by atoms with Gasteiger partial charge in [0.05, 0.1) is 5.92 Å². The Balaban J connectivity index is 2.39. The van der Waals surface area contributed by atoms with Gasteiger partial charge in [-0.15, -0.1) is 0 Å². The van der Waals surface area contributed by atoms with Crippen molar-refractivity contribution in [3.05, 3.63) is 68.4 Å². The van der Waals surface area contributed by atoms with Gasteiger partial charge in [0.15, 0.2) is 0 Å². The Bertz CT molecular complexity index is 548. The lowest BCUT2D eigenvalue weighted by Gasteiger charge is -2.14. The molecule has 0 saturated heterocycles. The molecule has 0 spiro atoms. The summed E-state index contributed by atoms with van der Waals surface area (Å²) in [5.41, 5.74) is 1.91. The summed E-state index contributed by atoms with van der Waals surface area (Å²) < 4.78 is 2.90. The third-order valence-electron chi connectivity index (χ3n) is 2.94. The molecule has 1 aromatic heterocycles. The summed E-state index contributed by atoms with van der Waals surface area (Å²) in [5.74, 6) is -0.215. The zero-order valence-electron chi connectivity index (χ0n) is 9.91. The topological polar surface area (TPSA) is 48.1 Å². The molecule has 0 aliphatic heterocycles. The van der Waals surface area contributed by atoms with Crippen LogP contribution in [-0.2, 0) is 7.05 Å². The first kappa shape index (κ1) is 12.8. The van der Waals surface area contributed by atoms with Gasteiger partial charge in [-0.25, -0.2) is 0 Å². The SMILES string of the molecule is Cn1cccc1C(C[N+](=O)[O-])c1ccc(Br)cc1. The quantitative estimate of drug-likeness (QED) is 0.643. The molecule has 2 rings (SSSR count). The molecule has 1 heterocycles. The second kappa shape index (κ2) is 5.35. The predicted molar refractivity (Wildman–Crippen MR) is 73.3 cm³/mol. The number of halogens is 1. The Kier molecular flexibility index (Phi) is 3.81. The summed E-state index contributed by atoms with van der Waals surface area (Å²) in [6.07, 6.45) is 1.90. The van der Waals surface area contributed by atoms with Crippen molar-refractivity contribution in [1.29, 1.82) is 0 Å². The van der Waals surface area contributed by atoms with Crippen molar-refractivity contribution in [2.75, 3.05) is 6.54 Å². The molecule has 2 aromatic rings. The van der Waals surface area contributed by atoms with Gasteiger partial charge in [0.25, 0.3) is 0 Å². The summed E-state index contributed by atoms with van der Waals surface area (Å²) >= 11 is 3.37. The van der Waals surface area contributed by atoms with E-state index in [4.69, 9.17) is 0 Å². The standard InChI is InChI=1S/C13H13BrN2O2/c1-15-8-2-3-13(15)12(9-16(17)18)10-4-6-11(14)7-5-10/h2-8,12H,9H2,1H3. The van der Waals surface area contributed by atoms with Crippen LogP contribution in [-0.4, -0.2) is 16.0 Å². The van der Waals surface area contributed by atoms with Crippen LogP contribution in [0, 0.1) is 10.1 Å². The van der Waals surface area contributed by atoms with Crippen LogP contribution in [0.5, 0.6) is 0 Å². The molecular weight excluding hydrogens is 296 g/mol. The van der Waals surface area contributed by atoms with Gasteiger partial charge in [0.2, 0.25) is 6.54 Å². The number of rotatable bonds is 4. The van der Waals surface area contributed by atoms with Crippen molar-refractivity contribution < 1.29 is 4.92 Å². The van der Waals surface area contributed by atoms with Crippen LogP contribution in [0.15, 0.2) is 47.1 Å². The summed E-state index contributed by atoms with van der Waals surface area (Å²) in [6, 6.07) is 11.5. The van der Waals surface area contributed by atoms with Crippen molar-refractivity contribution in [3.8, 4) is 0 Å². The van der Waals surface area contributed by atoms with E-state index in [9.17, 15) is 10.1 Å². The lowest BCUT2D eigenvalue weighted by Crippen LogP contribution is -2.16. The van der Waals surface area contributed by atoms with Crippen LogP contribution < -0.4 is 0 Å².